The van der Waals surface area contributed by atoms with Gasteiger partial charge in [0.25, 0.3) is 0 Å². The Morgan fingerprint density at radius 2 is 1.94 bits per heavy atom. The summed E-state index contributed by atoms with van der Waals surface area (Å²) in [6, 6.07) is 16.7. The molecule has 2 aliphatic heterocycles. The van der Waals surface area contributed by atoms with Crippen LogP contribution in [0.1, 0.15) is 42.4 Å². The molecular formula is C27H34N4O. The molecule has 1 fully saturated rings. The van der Waals surface area contributed by atoms with Crippen molar-refractivity contribution in [1.82, 2.24) is 4.90 Å². The summed E-state index contributed by atoms with van der Waals surface area (Å²) in [5.41, 5.74) is 11.3. The van der Waals surface area contributed by atoms with Crippen LogP contribution in [0.5, 0.6) is 0 Å². The molecular weight excluding hydrogens is 396 g/mol. The zero-order valence-electron chi connectivity index (χ0n) is 18.8. The standard InChI is InChI=1S/C27H34N4O/c28-18-25(19-29)23-9-10-26-24(17-23)13-16-31(26)20-22-7-4-14-30(15-12-22)27(32)11-8-21-5-2-1-3-6-21/h1-3,5-6,9-10,17-19,22,28H,4,7-8,11-16,20,29H2/b25-19+,28-18?. The second-order valence-corrected chi connectivity index (χ2v) is 8.97. The maximum atomic E-state index is 12.8. The summed E-state index contributed by atoms with van der Waals surface area (Å²) in [4.78, 5) is 17.4. The molecule has 1 atom stereocenters. The molecule has 1 amide bonds. The first-order valence-electron chi connectivity index (χ1n) is 11.8. The number of amides is 1. The molecule has 0 spiro atoms. The van der Waals surface area contributed by atoms with Crippen LogP contribution in [-0.2, 0) is 17.6 Å². The highest BCUT2D eigenvalue weighted by molar-refractivity contribution is 6.08. The zero-order chi connectivity index (χ0) is 22.3. The number of nitrogens with two attached hydrogens (primary N) is 1. The maximum absolute atomic E-state index is 12.8. The van der Waals surface area contributed by atoms with Crippen LogP contribution >= 0.6 is 0 Å². The van der Waals surface area contributed by atoms with E-state index in [1.54, 1.807) is 0 Å². The summed E-state index contributed by atoms with van der Waals surface area (Å²) in [5, 5.41) is 7.53. The predicted molar refractivity (Wildman–Crippen MR) is 132 cm³/mol. The lowest BCUT2D eigenvalue weighted by molar-refractivity contribution is -0.131. The fraction of sp³-hybridized carbons (Fsp3) is 0.407. The van der Waals surface area contributed by atoms with Crippen LogP contribution in [0.3, 0.4) is 0 Å². The Morgan fingerprint density at radius 3 is 2.72 bits per heavy atom. The molecule has 1 saturated heterocycles. The van der Waals surface area contributed by atoms with E-state index in [0.717, 1.165) is 63.0 Å². The van der Waals surface area contributed by atoms with E-state index in [4.69, 9.17) is 11.1 Å². The molecule has 5 heteroatoms. The van der Waals surface area contributed by atoms with Gasteiger partial charge in [-0.05, 0) is 66.8 Å². The number of aryl methyl sites for hydroxylation is 1. The van der Waals surface area contributed by atoms with Gasteiger partial charge in [-0.2, -0.15) is 0 Å². The molecule has 32 heavy (non-hydrogen) atoms. The number of benzene rings is 2. The van der Waals surface area contributed by atoms with Gasteiger partial charge in [0.15, 0.2) is 0 Å². The summed E-state index contributed by atoms with van der Waals surface area (Å²) in [6.07, 6.45) is 8.62. The van der Waals surface area contributed by atoms with Gasteiger partial charge in [0.2, 0.25) is 5.91 Å². The van der Waals surface area contributed by atoms with E-state index in [2.05, 4.69) is 40.1 Å². The van der Waals surface area contributed by atoms with Gasteiger partial charge in [0.1, 0.15) is 0 Å². The molecule has 2 aromatic rings. The van der Waals surface area contributed by atoms with Crippen molar-refractivity contribution in [1.29, 1.82) is 5.41 Å². The van der Waals surface area contributed by atoms with Gasteiger partial charge in [0.05, 0.1) is 0 Å². The number of carbonyl (C=O) groups excluding carboxylic acids is 1. The Morgan fingerprint density at radius 1 is 1.09 bits per heavy atom. The number of nitrogens with zero attached hydrogens (tertiary/aromatic N) is 2. The first kappa shape index (κ1) is 22.1. The monoisotopic (exact) mass is 430 g/mol. The summed E-state index contributed by atoms with van der Waals surface area (Å²) >= 11 is 0. The minimum absolute atomic E-state index is 0.295. The van der Waals surface area contributed by atoms with Crippen LogP contribution in [0, 0.1) is 11.3 Å². The fourth-order valence-electron chi connectivity index (χ4n) is 5.03. The average Bonchev–Trinajstić information content (AvgIpc) is 3.07. The van der Waals surface area contributed by atoms with E-state index >= 15 is 0 Å². The van der Waals surface area contributed by atoms with E-state index < -0.39 is 0 Å². The number of allylic oxidation sites excluding steroid dienone is 1. The van der Waals surface area contributed by atoms with E-state index in [9.17, 15) is 4.79 Å². The van der Waals surface area contributed by atoms with Gasteiger partial charge in [-0.3, -0.25) is 4.79 Å². The topological polar surface area (TPSA) is 73.4 Å². The lowest BCUT2D eigenvalue weighted by atomic mass is 9.99. The minimum Gasteiger partial charge on any atom is -0.404 e. The number of hydrogen-bond donors (Lipinski definition) is 2. The number of hydrogen-bond acceptors (Lipinski definition) is 4. The molecule has 0 saturated carbocycles. The number of nitrogens with one attached hydrogen (secondary N) is 1. The number of likely N-dealkylation sites (tertiary alicyclic amines) is 1. The largest absolute Gasteiger partial charge is 0.404 e. The van der Waals surface area contributed by atoms with E-state index in [1.807, 2.05) is 18.2 Å². The molecule has 2 heterocycles. The van der Waals surface area contributed by atoms with Gasteiger partial charge in [0, 0.05) is 56.3 Å². The van der Waals surface area contributed by atoms with Crippen LogP contribution < -0.4 is 10.6 Å². The quantitative estimate of drug-likeness (QED) is 0.645. The normalized spacial score (nSPS) is 18.9. The highest BCUT2D eigenvalue weighted by Gasteiger charge is 2.25. The van der Waals surface area contributed by atoms with Crippen LogP contribution in [0.15, 0.2) is 54.7 Å². The van der Waals surface area contributed by atoms with Gasteiger partial charge in [-0.25, -0.2) is 0 Å². The van der Waals surface area contributed by atoms with Crippen LogP contribution in [0.4, 0.5) is 5.69 Å². The second kappa shape index (κ2) is 10.5. The molecule has 2 aliphatic rings. The van der Waals surface area contributed by atoms with Gasteiger partial charge in [-0.1, -0.05) is 36.4 Å². The second-order valence-electron chi connectivity index (χ2n) is 8.97. The first-order chi connectivity index (χ1) is 15.7. The Labute approximate surface area is 191 Å². The molecule has 5 nitrogen and oxygen atoms in total. The molecule has 0 aromatic heterocycles. The van der Waals surface area contributed by atoms with Gasteiger partial charge >= 0.3 is 0 Å². The highest BCUT2D eigenvalue weighted by Crippen LogP contribution is 2.32. The highest BCUT2D eigenvalue weighted by atomic mass is 16.2. The third-order valence-corrected chi connectivity index (χ3v) is 6.89. The molecule has 4 rings (SSSR count). The average molecular weight is 431 g/mol. The molecule has 2 aromatic carbocycles. The van der Waals surface area contributed by atoms with Gasteiger partial charge in [-0.15, -0.1) is 0 Å². The maximum Gasteiger partial charge on any atom is 0.222 e. The molecule has 168 valence electrons. The van der Waals surface area contributed by atoms with E-state index in [-0.39, 0.29) is 0 Å². The Balaban J connectivity index is 1.30. The van der Waals surface area contributed by atoms with Crippen molar-refractivity contribution in [3.8, 4) is 0 Å². The van der Waals surface area contributed by atoms with Crippen molar-refractivity contribution in [2.45, 2.75) is 38.5 Å². The zero-order valence-corrected chi connectivity index (χ0v) is 18.8. The van der Waals surface area contributed by atoms with Crippen molar-refractivity contribution in [2.75, 3.05) is 31.1 Å². The van der Waals surface area contributed by atoms with E-state index in [1.165, 1.54) is 35.6 Å². The minimum atomic E-state index is 0.295. The Hall–Kier alpha value is -3.08. The lowest BCUT2D eigenvalue weighted by Crippen LogP contribution is -2.33. The summed E-state index contributed by atoms with van der Waals surface area (Å²) in [6.45, 7) is 3.87. The van der Waals surface area contributed by atoms with Crippen molar-refractivity contribution in [2.24, 2.45) is 11.7 Å². The molecule has 0 radical (unpaired) electrons. The van der Waals surface area contributed by atoms with Crippen molar-refractivity contribution in [3.63, 3.8) is 0 Å². The van der Waals surface area contributed by atoms with Crippen LogP contribution in [-0.4, -0.2) is 43.2 Å². The summed E-state index contributed by atoms with van der Waals surface area (Å²) < 4.78 is 0. The smallest absolute Gasteiger partial charge is 0.222 e. The third kappa shape index (κ3) is 5.21. The van der Waals surface area contributed by atoms with Crippen molar-refractivity contribution >= 4 is 23.4 Å². The predicted octanol–water partition coefficient (Wildman–Crippen LogP) is 4.26. The SMILES string of the molecule is N=C/C(=C\N)c1ccc2c(c1)CCN2CC1CCCN(C(=O)CCc2ccccc2)CC1. The first-order valence-corrected chi connectivity index (χ1v) is 11.8. The van der Waals surface area contributed by atoms with Crippen LogP contribution in [0.2, 0.25) is 0 Å². The molecule has 0 aliphatic carbocycles. The van der Waals surface area contributed by atoms with Crippen molar-refractivity contribution < 1.29 is 4.79 Å². The number of rotatable bonds is 7. The Bertz CT molecular complexity index is 969. The number of anilines is 1. The lowest BCUT2D eigenvalue weighted by Gasteiger charge is -2.26. The van der Waals surface area contributed by atoms with Gasteiger partial charge < -0.3 is 20.9 Å². The fourth-order valence-corrected chi connectivity index (χ4v) is 5.03. The van der Waals surface area contributed by atoms with E-state index in [0.29, 0.717) is 18.2 Å². The number of carbonyl (C=O) groups is 1. The number of fused-ring (bicyclic) bond motifs is 1. The summed E-state index contributed by atoms with van der Waals surface area (Å²) in [7, 11) is 0. The third-order valence-electron chi connectivity index (χ3n) is 6.89. The summed E-state index contributed by atoms with van der Waals surface area (Å²) in [5.74, 6) is 0.914. The molecule has 3 N–H and O–H groups in total. The Kier molecular flexibility index (Phi) is 7.25. The molecule has 1 unspecified atom stereocenters. The van der Waals surface area contributed by atoms with Crippen LogP contribution in [0.25, 0.3) is 5.57 Å². The molecule has 0 bridgehead atoms. The van der Waals surface area contributed by atoms with Crippen molar-refractivity contribution in [3.05, 3.63) is 71.4 Å².